The molecule has 3 aromatic rings. The number of thioether (sulfide) groups is 1. The molecule has 4 fully saturated rings. The maximum Gasteiger partial charge on any atom is 0.446 e. The molecule has 234 valence electrons. The summed E-state index contributed by atoms with van der Waals surface area (Å²) in [6, 6.07) is 12.4. The molecule has 2 N–H and O–H groups in total. The molecule has 7 rings (SSSR count). The van der Waals surface area contributed by atoms with Crippen LogP contribution in [-0.2, 0) is 11.4 Å². The van der Waals surface area contributed by atoms with E-state index in [4.69, 9.17) is 39.5 Å². The van der Waals surface area contributed by atoms with Gasteiger partial charge in [-0.25, -0.2) is 9.18 Å². The second-order valence-corrected chi connectivity index (χ2v) is 15.8. The molecule has 5 atom stereocenters. The zero-order valence-electron chi connectivity index (χ0n) is 22.9. The lowest BCUT2D eigenvalue weighted by Gasteiger charge is -2.51. The highest BCUT2D eigenvalue weighted by Crippen LogP contribution is 2.65. The lowest BCUT2D eigenvalue weighted by Crippen LogP contribution is -2.61. The molecule has 0 spiro atoms. The van der Waals surface area contributed by atoms with Crippen molar-refractivity contribution in [3.63, 3.8) is 0 Å². The van der Waals surface area contributed by atoms with Crippen LogP contribution in [-0.4, -0.2) is 42.7 Å². The normalized spacial score (nSPS) is 31.1. The van der Waals surface area contributed by atoms with Crippen LogP contribution >= 0.6 is 46.6 Å². The number of nitrogens with one attached hydrogen (secondary N) is 1. The lowest BCUT2D eigenvalue weighted by atomic mass is 9.65. The predicted molar refractivity (Wildman–Crippen MR) is 161 cm³/mol. The van der Waals surface area contributed by atoms with E-state index in [0.29, 0.717) is 48.4 Å². The van der Waals surface area contributed by atoms with Crippen molar-refractivity contribution >= 4 is 69.2 Å². The van der Waals surface area contributed by atoms with Crippen LogP contribution in [0.25, 0.3) is 10.8 Å². The number of ether oxygens (including phenoxy) is 1. The summed E-state index contributed by atoms with van der Waals surface area (Å²) in [7, 11) is 0. The Morgan fingerprint density at radius 1 is 0.932 bits per heavy atom. The fourth-order valence-electron chi connectivity index (χ4n) is 7.52. The van der Waals surface area contributed by atoms with E-state index in [0.717, 1.165) is 0 Å². The quantitative estimate of drug-likeness (QED) is 0.148. The van der Waals surface area contributed by atoms with E-state index in [1.807, 2.05) is 0 Å². The molecule has 4 saturated carbocycles. The maximum absolute atomic E-state index is 14.1. The molecule has 0 aromatic heterocycles. The van der Waals surface area contributed by atoms with Crippen LogP contribution in [0.15, 0.2) is 59.5 Å². The van der Waals surface area contributed by atoms with Crippen LogP contribution in [0.3, 0.4) is 0 Å². The molecule has 44 heavy (non-hydrogen) atoms. The van der Waals surface area contributed by atoms with Gasteiger partial charge in [0.25, 0.3) is 5.91 Å². The van der Waals surface area contributed by atoms with Crippen LogP contribution in [0, 0.1) is 11.7 Å². The molecule has 3 aromatic carbocycles. The summed E-state index contributed by atoms with van der Waals surface area (Å²) in [5, 5.41) is 14.3. The summed E-state index contributed by atoms with van der Waals surface area (Å²) in [6.45, 7) is -0.130. The van der Waals surface area contributed by atoms with Gasteiger partial charge in [0.15, 0.2) is 0 Å². The molecule has 0 heterocycles. The van der Waals surface area contributed by atoms with E-state index in [9.17, 15) is 32.3 Å². The Hall–Kier alpha value is -2.40. The Morgan fingerprint density at radius 2 is 1.57 bits per heavy atom. The molecular formula is C31H26Cl3F4NO4S. The van der Waals surface area contributed by atoms with E-state index in [1.54, 1.807) is 0 Å². The number of halogens is 7. The SMILES string of the molecule is O=C(N[C@@]1(C(=O)O)CC2(Cl)C[C@]3(Cl)CC1C[C@](Cl)(C2)C3)c1ccc2cc(F)ccc2c1OCc1ccc(SC(F)(F)F)cc1. The van der Waals surface area contributed by atoms with Crippen molar-refractivity contribution in [2.75, 3.05) is 0 Å². The fourth-order valence-corrected chi connectivity index (χ4v) is 10.4. The highest BCUT2D eigenvalue weighted by Gasteiger charge is 2.68. The second-order valence-electron chi connectivity index (χ2n) is 12.3. The summed E-state index contributed by atoms with van der Waals surface area (Å²) in [4.78, 5) is 24.5. The van der Waals surface area contributed by atoms with E-state index < -0.39 is 49.3 Å². The highest BCUT2D eigenvalue weighted by atomic mass is 35.5. The topological polar surface area (TPSA) is 75.6 Å². The lowest BCUT2D eigenvalue weighted by molar-refractivity contribution is -0.147. The number of carbonyl (C=O) groups is 2. The van der Waals surface area contributed by atoms with Gasteiger partial charge in [-0.1, -0.05) is 18.2 Å². The number of alkyl halides is 6. The first kappa shape index (κ1) is 31.6. The third-order valence-electron chi connectivity index (χ3n) is 8.85. The third kappa shape index (κ3) is 6.07. The standard InChI is InChI=1S/C31H26Cl3F4NO4S/c32-27-10-19-11-28(33,13-27)15-29(34,14-27)16-30(19,26(41)42)39-25(40)23-7-3-18-9-20(35)4-8-22(18)24(23)43-12-17-1-5-21(6-2-17)44-31(36,37)38/h1-9,19H,10-16H2,(H,39,40)(H,41,42)/t19?,27-,28+,29?,30-/m0/s1. The van der Waals surface area contributed by atoms with Gasteiger partial charge in [0, 0.05) is 26.5 Å². The van der Waals surface area contributed by atoms with E-state index in [-0.39, 0.29) is 41.0 Å². The first-order valence-corrected chi connectivity index (χ1v) is 15.8. The first-order valence-electron chi connectivity index (χ1n) is 13.8. The number of fused-ring (bicyclic) bond motifs is 2. The summed E-state index contributed by atoms with van der Waals surface area (Å²) >= 11 is 20.7. The number of carbonyl (C=O) groups excluding carboxylic acids is 1. The monoisotopic (exact) mass is 689 g/mol. The van der Waals surface area contributed by atoms with Crippen molar-refractivity contribution in [3.8, 4) is 5.75 Å². The molecule has 13 heteroatoms. The minimum Gasteiger partial charge on any atom is -0.487 e. The Morgan fingerprint density at radius 3 is 2.18 bits per heavy atom. The molecule has 2 unspecified atom stereocenters. The van der Waals surface area contributed by atoms with Crippen LogP contribution in [0.2, 0.25) is 0 Å². The largest absolute Gasteiger partial charge is 0.487 e. The Kier molecular flexibility index (Phi) is 7.79. The van der Waals surface area contributed by atoms with E-state index in [2.05, 4.69) is 5.32 Å². The first-order chi connectivity index (χ1) is 20.5. The number of rotatable bonds is 7. The summed E-state index contributed by atoms with van der Waals surface area (Å²) < 4.78 is 58.4. The molecule has 0 saturated heterocycles. The average molecular weight is 691 g/mol. The maximum atomic E-state index is 14.1. The number of amides is 1. The molecule has 4 aliphatic rings. The molecule has 1 amide bonds. The number of carboxylic acid groups (broad SMARTS) is 1. The van der Waals surface area contributed by atoms with Gasteiger partial charge in [0.1, 0.15) is 23.7 Å². The third-order valence-corrected chi connectivity index (χ3v) is 10.8. The zero-order valence-corrected chi connectivity index (χ0v) is 26.0. The second kappa shape index (κ2) is 10.9. The van der Waals surface area contributed by atoms with Gasteiger partial charge in [-0.15, -0.1) is 34.8 Å². The molecule has 0 aliphatic heterocycles. The van der Waals surface area contributed by atoms with Gasteiger partial charge in [0.05, 0.1) is 10.4 Å². The zero-order chi connectivity index (χ0) is 31.7. The van der Waals surface area contributed by atoms with Gasteiger partial charge >= 0.3 is 11.5 Å². The molecule has 0 radical (unpaired) electrons. The minimum atomic E-state index is -4.43. The van der Waals surface area contributed by atoms with Crippen molar-refractivity contribution in [1.29, 1.82) is 0 Å². The Labute approximate surface area is 269 Å². The molecule has 4 bridgehead atoms. The van der Waals surface area contributed by atoms with E-state index in [1.165, 1.54) is 54.6 Å². The molecular weight excluding hydrogens is 665 g/mol. The van der Waals surface area contributed by atoms with Gasteiger partial charge in [-0.2, -0.15) is 13.2 Å². The van der Waals surface area contributed by atoms with Crippen LogP contribution < -0.4 is 10.1 Å². The van der Waals surface area contributed by atoms with Crippen LogP contribution in [0.1, 0.15) is 54.4 Å². The van der Waals surface area contributed by atoms with Gasteiger partial charge in [-0.3, -0.25) is 4.79 Å². The summed E-state index contributed by atoms with van der Waals surface area (Å²) in [5.41, 5.74) is -5.68. The number of aliphatic carboxylic acids is 1. The van der Waals surface area contributed by atoms with Crippen molar-refractivity contribution in [1.82, 2.24) is 5.32 Å². The van der Waals surface area contributed by atoms with Crippen molar-refractivity contribution in [2.24, 2.45) is 5.92 Å². The van der Waals surface area contributed by atoms with Crippen molar-refractivity contribution < 1.29 is 37.0 Å². The van der Waals surface area contributed by atoms with Gasteiger partial charge < -0.3 is 15.2 Å². The Balaban J connectivity index is 1.34. The average Bonchev–Trinajstić information content (AvgIpc) is 3.00. The number of hydrogen-bond acceptors (Lipinski definition) is 4. The molecule has 5 nitrogen and oxygen atoms in total. The number of hydrogen-bond donors (Lipinski definition) is 2. The number of benzene rings is 3. The highest BCUT2D eigenvalue weighted by molar-refractivity contribution is 8.00. The minimum absolute atomic E-state index is 0.00157. The Bertz CT molecular complexity index is 1640. The van der Waals surface area contributed by atoms with Crippen molar-refractivity contribution in [3.05, 3.63) is 71.5 Å². The van der Waals surface area contributed by atoms with Crippen LogP contribution in [0.4, 0.5) is 17.6 Å². The molecule has 4 aliphatic carbocycles. The van der Waals surface area contributed by atoms with Crippen molar-refractivity contribution in [2.45, 2.75) is 75.7 Å². The van der Waals surface area contributed by atoms with Gasteiger partial charge in [-0.05, 0) is 97.1 Å². The predicted octanol–water partition coefficient (Wildman–Crippen LogP) is 8.65. The van der Waals surface area contributed by atoms with E-state index >= 15 is 0 Å². The smallest absolute Gasteiger partial charge is 0.446 e. The fraction of sp³-hybridized carbons (Fsp3) is 0.419. The summed E-state index contributed by atoms with van der Waals surface area (Å²) in [5.74, 6) is -3.02. The van der Waals surface area contributed by atoms with Gasteiger partial charge in [0.2, 0.25) is 0 Å². The summed E-state index contributed by atoms with van der Waals surface area (Å²) in [6.07, 6.45) is 1.75. The van der Waals surface area contributed by atoms with Crippen LogP contribution in [0.5, 0.6) is 5.75 Å². The number of carboxylic acids is 1.